The average Bonchev–Trinajstić information content (AvgIpc) is 3.15. The molecule has 0 aliphatic carbocycles. The maximum atomic E-state index is 13.7. The second-order valence-corrected chi connectivity index (χ2v) is 16.2. The number of hydrogen-bond donors (Lipinski definition) is 0. The molecule has 352 valence electrons. The van der Waals surface area contributed by atoms with Crippen LogP contribution >= 0.6 is 0 Å². The van der Waals surface area contributed by atoms with E-state index in [1.165, 1.54) is 55.4 Å². The lowest BCUT2D eigenvalue weighted by molar-refractivity contribution is -0.288. The van der Waals surface area contributed by atoms with Crippen LogP contribution in [-0.2, 0) is 67.5 Å². The Balaban J connectivity index is 6.77. The minimum absolute atomic E-state index is 0.0692. The molecule has 0 spiro atoms. The van der Waals surface area contributed by atoms with E-state index < -0.39 is 77.2 Å². The summed E-state index contributed by atoms with van der Waals surface area (Å²) in [4.78, 5) is 104. The second-order valence-electron chi connectivity index (χ2n) is 16.2. The summed E-state index contributed by atoms with van der Waals surface area (Å²) in [6, 6.07) is 0. The molecule has 0 rings (SSSR count). The van der Waals surface area contributed by atoms with Crippen molar-refractivity contribution in [2.75, 3.05) is 39.6 Å². The number of hydrogen-bond acceptors (Lipinski definition) is 19. The molecule has 0 heterocycles. The van der Waals surface area contributed by atoms with Crippen molar-refractivity contribution in [3.8, 4) is 0 Å². The molecular weight excluding hydrogens is 796 g/mol. The molecule has 0 N–H and O–H groups in total. The Labute approximate surface area is 355 Å². The molecule has 0 aromatic rings. The average molecular weight is 871 g/mol. The van der Waals surface area contributed by atoms with Gasteiger partial charge in [-0.1, -0.05) is 67.2 Å². The maximum absolute atomic E-state index is 13.7. The Morgan fingerprint density at radius 1 is 0.350 bits per heavy atom. The Bertz CT molecular complexity index is 1110. The monoisotopic (exact) mass is 870 g/mol. The molecular formula is C41H74O19. The standard InChI is InChI=1S/C41H74O19/c1-15-21-25-49-57-32(43)53-36(7,8)40(19-5,37(9,10)54-33(44)58-50-26-22-16-2)29-47-31(42)48-30-41(20-6,38(11,12)55-34(45)59-51-27-23-17-3)39(13,14)56-35(46)60-52-28-24-18-4/h15-30H2,1-14H3. The third-order valence-corrected chi connectivity index (χ3v) is 10.9. The van der Waals surface area contributed by atoms with Crippen LogP contribution in [0.15, 0.2) is 0 Å². The number of carbonyl (C=O) groups is 5. The van der Waals surface area contributed by atoms with Gasteiger partial charge in [-0.05, 0) is 93.9 Å². The van der Waals surface area contributed by atoms with Crippen molar-refractivity contribution in [1.82, 2.24) is 0 Å². The van der Waals surface area contributed by atoms with E-state index >= 15 is 0 Å². The Morgan fingerprint density at radius 3 is 0.750 bits per heavy atom. The quantitative estimate of drug-likeness (QED) is 0.0216. The third-order valence-electron chi connectivity index (χ3n) is 10.9. The maximum Gasteiger partial charge on any atom is 0.541 e. The predicted molar refractivity (Wildman–Crippen MR) is 213 cm³/mol. The van der Waals surface area contributed by atoms with Gasteiger partial charge in [0.1, 0.15) is 35.6 Å². The van der Waals surface area contributed by atoms with Gasteiger partial charge in [-0.3, -0.25) is 19.6 Å². The fraction of sp³-hybridized carbons (Fsp3) is 0.878. The topological polar surface area (TPSA) is 215 Å². The van der Waals surface area contributed by atoms with E-state index in [4.69, 9.17) is 67.5 Å². The normalized spacial score (nSPS) is 12.5. The van der Waals surface area contributed by atoms with Crippen LogP contribution in [0.2, 0.25) is 0 Å². The molecule has 0 radical (unpaired) electrons. The van der Waals surface area contributed by atoms with Crippen LogP contribution in [0, 0.1) is 10.8 Å². The molecule has 0 fully saturated rings. The van der Waals surface area contributed by atoms with E-state index in [1.807, 2.05) is 27.7 Å². The van der Waals surface area contributed by atoms with E-state index in [9.17, 15) is 24.0 Å². The smallest absolute Gasteiger partial charge is 0.433 e. The van der Waals surface area contributed by atoms with Crippen LogP contribution in [0.1, 0.15) is 161 Å². The lowest BCUT2D eigenvalue weighted by atomic mass is 9.62. The van der Waals surface area contributed by atoms with Crippen molar-refractivity contribution < 1.29 is 91.5 Å². The Morgan fingerprint density at radius 2 is 0.567 bits per heavy atom. The van der Waals surface area contributed by atoms with Gasteiger partial charge in [0, 0.05) is 0 Å². The molecule has 0 unspecified atom stereocenters. The van der Waals surface area contributed by atoms with Gasteiger partial charge in [0.05, 0.1) is 37.3 Å². The van der Waals surface area contributed by atoms with Crippen LogP contribution < -0.4 is 0 Å². The van der Waals surface area contributed by atoms with Crippen molar-refractivity contribution >= 4 is 30.8 Å². The molecule has 60 heavy (non-hydrogen) atoms. The first-order valence-corrected chi connectivity index (χ1v) is 20.9. The van der Waals surface area contributed by atoms with Crippen molar-refractivity contribution in [3.05, 3.63) is 0 Å². The molecule has 19 heteroatoms. The predicted octanol–water partition coefficient (Wildman–Crippen LogP) is 10.6. The first kappa shape index (κ1) is 56.2. The van der Waals surface area contributed by atoms with Gasteiger partial charge < -0.3 is 28.4 Å². The van der Waals surface area contributed by atoms with Gasteiger partial charge in [-0.2, -0.15) is 19.6 Å². The van der Waals surface area contributed by atoms with Crippen LogP contribution in [0.3, 0.4) is 0 Å². The number of rotatable bonds is 30. The van der Waals surface area contributed by atoms with Crippen molar-refractivity contribution in [1.29, 1.82) is 0 Å². The highest BCUT2D eigenvalue weighted by Gasteiger charge is 2.62. The van der Waals surface area contributed by atoms with Gasteiger partial charge in [0.2, 0.25) is 0 Å². The highest BCUT2D eigenvalue weighted by Crippen LogP contribution is 2.51. The van der Waals surface area contributed by atoms with Gasteiger partial charge in [-0.15, -0.1) is 0 Å². The summed E-state index contributed by atoms with van der Waals surface area (Å²) >= 11 is 0. The second kappa shape index (κ2) is 27.2. The molecule has 0 bridgehead atoms. The highest BCUT2D eigenvalue weighted by molar-refractivity contribution is 5.63. The summed E-state index contributed by atoms with van der Waals surface area (Å²) in [5.41, 5.74) is -9.54. The van der Waals surface area contributed by atoms with Crippen LogP contribution in [0.25, 0.3) is 0 Å². The van der Waals surface area contributed by atoms with Crippen molar-refractivity contribution in [2.24, 2.45) is 10.8 Å². The number of carbonyl (C=O) groups excluding carboxylic acids is 5. The summed E-state index contributed by atoms with van der Waals surface area (Å²) in [6.07, 6.45) is -0.251. The summed E-state index contributed by atoms with van der Waals surface area (Å²) in [7, 11) is 0. The summed E-state index contributed by atoms with van der Waals surface area (Å²) < 4.78 is 34.5. The van der Waals surface area contributed by atoms with E-state index in [2.05, 4.69) is 0 Å². The lowest BCUT2D eigenvalue weighted by Crippen LogP contribution is -2.63. The van der Waals surface area contributed by atoms with Gasteiger partial charge in [-0.25, -0.2) is 24.0 Å². The molecule has 0 atom stereocenters. The molecule has 0 aromatic heterocycles. The minimum Gasteiger partial charge on any atom is -0.433 e. The third kappa shape index (κ3) is 17.3. The first-order chi connectivity index (χ1) is 28.0. The van der Waals surface area contributed by atoms with Crippen LogP contribution in [0.4, 0.5) is 24.0 Å². The van der Waals surface area contributed by atoms with Crippen LogP contribution in [0.5, 0.6) is 0 Å². The van der Waals surface area contributed by atoms with Crippen LogP contribution in [-0.4, -0.2) is 92.8 Å². The zero-order valence-electron chi connectivity index (χ0n) is 38.6. The Kier molecular flexibility index (Phi) is 25.5. The zero-order chi connectivity index (χ0) is 46.1. The SMILES string of the molecule is CCCCOOC(=O)OC(C)(C)C(CC)(COC(=O)OCC(CC)(C(C)(C)OC(=O)OOCCCC)C(C)(C)OC(=O)OOCCCC)C(C)(C)OC(=O)OOCCCC. The number of ether oxygens (including phenoxy) is 6. The van der Waals surface area contributed by atoms with Gasteiger partial charge in [0.15, 0.2) is 0 Å². The largest absolute Gasteiger partial charge is 0.541 e. The molecule has 0 aromatic carbocycles. The molecule has 0 aliphatic heterocycles. The van der Waals surface area contributed by atoms with Gasteiger partial charge >= 0.3 is 30.8 Å². The number of unbranched alkanes of at least 4 members (excludes halogenated alkanes) is 4. The summed E-state index contributed by atoms with van der Waals surface area (Å²) in [5, 5.41) is 0. The summed E-state index contributed by atoms with van der Waals surface area (Å²) in [5.74, 6) is 0. The molecule has 0 saturated carbocycles. The van der Waals surface area contributed by atoms with E-state index in [0.29, 0.717) is 25.7 Å². The lowest BCUT2D eigenvalue weighted by Gasteiger charge is -2.52. The highest BCUT2D eigenvalue weighted by atomic mass is 17.2. The fourth-order valence-corrected chi connectivity index (χ4v) is 6.92. The molecule has 0 aliphatic rings. The van der Waals surface area contributed by atoms with E-state index in [0.717, 1.165) is 25.7 Å². The van der Waals surface area contributed by atoms with Gasteiger partial charge in [0.25, 0.3) is 0 Å². The fourth-order valence-electron chi connectivity index (χ4n) is 6.92. The van der Waals surface area contributed by atoms with E-state index in [-0.39, 0.29) is 39.3 Å². The Hall–Kier alpha value is -3.81. The molecule has 0 amide bonds. The minimum atomic E-state index is -1.61. The van der Waals surface area contributed by atoms with Crippen molar-refractivity contribution in [3.63, 3.8) is 0 Å². The zero-order valence-corrected chi connectivity index (χ0v) is 38.6. The summed E-state index contributed by atoms with van der Waals surface area (Å²) in [6.45, 7) is 22.7. The molecule has 19 nitrogen and oxygen atoms in total. The first-order valence-electron chi connectivity index (χ1n) is 20.9. The van der Waals surface area contributed by atoms with Crippen molar-refractivity contribution in [2.45, 2.75) is 184 Å². The van der Waals surface area contributed by atoms with E-state index in [1.54, 1.807) is 13.8 Å². The molecule has 0 saturated heterocycles.